The molecular formula is C60H118N4O2. The Labute approximate surface area is 414 Å². The van der Waals surface area contributed by atoms with Gasteiger partial charge in [0.15, 0.2) is 0 Å². The molecule has 1 atom stereocenters. The van der Waals surface area contributed by atoms with Gasteiger partial charge in [-0.15, -0.1) is 0 Å². The second-order valence-corrected chi connectivity index (χ2v) is 22.2. The Kier molecular flexibility index (Phi) is 39.5. The number of urea groups is 1. The van der Waals surface area contributed by atoms with Crippen LogP contribution in [0.4, 0.5) is 4.79 Å². The van der Waals surface area contributed by atoms with E-state index in [0.717, 1.165) is 39.0 Å². The zero-order chi connectivity index (χ0) is 47.6. The van der Waals surface area contributed by atoms with Crippen molar-refractivity contribution in [2.24, 2.45) is 5.92 Å². The summed E-state index contributed by atoms with van der Waals surface area (Å²) in [4.78, 5) is 39.0. The maximum absolute atomic E-state index is 15.1. The van der Waals surface area contributed by atoms with Gasteiger partial charge in [-0.25, -0.2) is 9.69 Å². The van der Waals surface area contributed by atoms with Crippen molar-refractivity contribution in [2.45, 2.75) is 329 Å². The molecule has 0 radical (unpaired) electrons. The van der Waals surface area contributed by atoms with Gasteiger partial charge in [0.05, 0.1) is 13.3 Å². The summed E-state index contributed by atoms with van der Waals surface area (Å²) >= 11 is 0. The molecule has 0 aromatic carbocycles. The van der Waals surface area contributed by atoms with E-state index < -0.39 is 5.54 Å². The van der Waals surface area contributed by atoms with Crippen LogP contribution in [0.15, 0.2) is 0 Å². The lowest BCUT2D eigenvalue weighted by Gasteiger charge is -2.42. The van der Waals surface area contributed by atoms with Gasteiger partial charge >= 0.3 is 6.03 Å². The van der Waals surface area contributed by atoms with Crippen LogP contribution in [0.2, 0.25) is 0 Å². The van der Waals surface area contributed by atoms with E-state index in [2.05, 4.69) is 49.3 Å². The van der Waals surface area contributed by atoms with Crippen molar-refractivity contribution >= 4 is 11.9 Å². The zero-order valence-electron chi connectivity index (χ0n) is 45.7. The molecule has 2 rings (SSSR count). The number of hydrogen-bond acceptors (Lipinski definition) is 4. The highest BCUT2D eigenvalue weighted by molar-refractivity contribution is 6.07. The van der Waals surface area contributed by atoms with Crippen molar-refractivity contribution in [2.75, 3.05) is 39.5 Å². The predicted octanol–water partition coefficient (Wildman–Crippen LogP) is 18.8. The summed E-state index contributed by atoms with van der Waals surface area (Å²) in [6.45, 7) is 16.6. The molecule has 0 aromatic rings. The van der Waals surface area contributed by atoms with Crippen LogP contribution in [0.25, 0.3) is 0 Å². The van der Waals surface area contributed by atoms with Crippen LogP contribution in [-0.2, 0) is 4.79 Å². The lowest BCUT2D eigenvalue weighted by Crippen LogP contribution is -2.56. The van der Waals surface area contributed by atoms with E-state index in [1.807, 2.05) is 0 Å². The third-order valence-electron chi connectivity index (χ3n) is 16.1. The van der Waals surface area contributed by atoms with Crippen molar-refractivity contribution < 1.29 is 9.59 Å². The molecule has 1 unspecified atom stereocenters. The molecule has 1 aliphatic carbocycles. The number of hydrogen-bond donors (Lipinski definition) is 0. The third kappa shape index (κ3) is 27.9. The lowest BCUT2D eigenvalue weighted by atomic mass is 9.75. The first-order valence-corrected chi connectivity index (χ1v) is 30.5. The fraction of sp³-hybridized carbons (Fsp3) is 0.967. The van der Waals surface area contributed by atoms with E-state index >= 15 is 4.79 Å². The summed E-state index contributed by atoms with van der Waals surface area (Å²) < 4.78 is 0. The number of carbonyl (C=O) groups excluding carboxylic acids is 2. The summed E-state index contributed by atoms with van der Waals surface area (Å²) in [6, 6.07) is 0.000338. The standard InChI is InChI=1S/C60H118N4O2/c1-6-10-14-18-22-26-30-34-38-45-51-61(52-46-39-35-31-27-23-19-15-11-7-2)55-63-58(65)60(5,57-49-43-42-44-50-57)64(59(63)66)56-62(53-47-40-36-32-28-24-20-16-12-8-3)54-48-41-37-33-29-25-21-17-13-9-4/h57H,6-56H2,1-5H3. The number of carbonyl (C=O) groups is 2. The molecular weight excluding hydrogens is 809 g/mol. The van der Waals surface area contributed by atoms with Gasteiger partial charge in [0, 0.05) is 0 Å². The number of amides is 3. The van der Waals surface area contributed by atoms with Crippen molar-refractivity contribution in [3.8, 4) is 0 Å². The van der Waals surface area contributed by atoms with Gasteiger partial charge in [0.1, 0.15) is 5.54 Å². The monoisotopic (exact) mass is 927 g/mol. The van der Waals surface area contributed by atoms with E-state index in [9.17, 15) is 4.79 Å². The Morgan fingerprint density at radius 1 is 0.379 bits per heavy atom. The Balaban J connectivity index is 2.13. The smallest absolute Gasteiger partial charge is 0.297 e. The van der Waals surface area contributed by atoms with Crippen molar-refractivity contribution in [1.82, 2.24) is 19.6 Å². The minimum absolute atomic E-state index is 0.000338. The van der Waals surface area contributed by atoms with Crippen LogP contribution >= 0.6 is 0 Å². The van der Waals surface area contributed by atoms with Gasteiger partial charge in [-0.2, -0.15) is 0 Å². The van der Waals surface area contributed by atoms with E-state index in [4.69, 9.17) is 0 Å². The number of rotatable bonds is 49. The first-order valence-electron chi connectivity index (χ1n) is 30.5. The Hall–Kier alpha value is -1.14. The average Bonchev–Trinajstić information content (AvgIpc) is 3.50. The molecule has 0 spiro atoms. The van der Waals surface area contributed by atoms with Crippen LogP contribution in [0.1, 0.15) is 324 Å². The molecule has 1 saturated carbocycles. The summed E-state index contributed by atoms with van der Waals surface area (Å²) in [5, 5.41) is 0. The van der Waals surface area contributed by atoms with Crippen LogP contribution in [0, 0.1) is 5.92 Å². The lowest BCUT2D eigenvalue weighted by molar-refractivity contribution is -0.137. The molecule has 2 fully saturated rings. The predicted molar refractivity (Wildman–Crippen MR) is 289 cm³/mol. The topological polar surface area (TPSA) is 47.1 Å². The van der Waals surface area contributed by atoms with Gasteiger partial charge in [0.2, 0.25) is 0 Å². The zero-order valence-corrected chi connectivity index (χ0v) is 45.7. The molecule has 3 amide bonds. The maximum atomic E-state index is 15.1. The van der Waals surface area contributed by atoms with Crippen LogP contribution in [0.5, 0.6) is 0 Å². The second-order valence-electron chi connectivity index (χ2n) is 22.2. The fourth-order valence-corrected chi connectivity index (χ4v) is 11.4. The van der Waals surface area contributed by atoms with Gasteiger partial charge in [-0.05, 0) is 77.5 Å². The van der Waals surface area contributed by atoms with E-state index in [1.165, 1.54) is 276 Å². The highest BCUT2D eigenvalue weighted by Gasteiger charge is 2.58. The van der Waals surface area contributed by atoms with Gasteiger partial charge < -0.3 is 0 Å². The first-order chi connectivity index (χ1) is 32.4. The second kappa shape index (κ2) is 42.7. The average molecular weight is 928 g/mol. The summed E-state index contributed by atoms with van der Waals surface area (Å²) in [5.41, 5.74) is -0.745. The normalized spacial score (nSPS) is 17.2. The SMILES string of the molecule is CCCCCCCCCCCCN(CCCCCCCCCCCC)CN1C(=O)N(CN(CCCCCCCCCCCC)CCCCCCCCCCCC)C(C)(C2CCCCC2)C1=O. The molecule has 6 heteroatoms. The van der Waals surface area contributed by atoms with E-state index in [0.29, 0.717) is 13.3 Å². The molecule has 2 aliphatic rings. The molecule has 1 heterocycles. The molecule has 0 bridgehead atoms. The van der Waals surface area contributed by atoms with Crippen LogP contribution in [-0.4, -0.2) is 76.6 Å². The van der Waals surface area contributed by atoms with Gasteiger partial charge in [0.25, 0.3) is 5.91 Å². The first kappa shape index (κ1) is 61.0. The van der Waals surface area contributed by atoms with Crippen molar-refractivity contribution in [1.29, 1.82) is 0 Å². The third-order valence-corrected chi connectivity index (χ3v) is 16.1. The largest absolute Gasteiger partial charge is 0.329 e. The van der Waals surface area contributed by atoms with Gasteiger partial charge in [-0.1, -0.05) is 278 Å². The van der Waals surface area contributed by atoms with Gasteiger partial charge in [-0.3, -0.25) is 19.5 Å². The summed E-state index contributed by atoms with van der Waals surface area (Å²) in [7, 11) is 0. The van der Waals surface area contributed by atoms with E-state index in [-0.39, 0.29) is 17.9 Å². The molecule has 1 aliphatic heterocycles. The maximum Gasteiger partial charge on any atom is 0.329 e. The molecule has 390 valence electrons. The fourth-order valence-electron chi connectivity index (χ4n) is 11.4. The molecule has 0 N–H and O–H groups in total. The number of unbranched alkanes of at least 4 members (excludes halogenated alkanes) is 36. The molecule has 0 aromatic heterocycles. The molecule has 6 nitrogen and oxygen atoms in total. The van der Waals surface area contributed by atoms with Crippen LogP contribution < -0.4 is 0 Å². The highest BCUT2D eigenvalue weighted by Crippen LogP contribution is 2.42. The van der Waals surface area contributed by atoms with E-state index in [1.54, 1.807) is 4.90 Å². The molecule has 1 saturated heterocycles. The number of imide groups is 1. The quantitative estimate of drug-likeness (QED) is 0.0451. The minimum atomic E-state index is -0.745. The van der Waals surface area contributed by atoms with Crippen molar-refractivity contribution in [3.63, 3.8) is 0 Å². The minimum Gasteiger partial charge on any atom is -0.297 e. The summed E-state index contributed by atoms with van der Waals surface area (Å²) in [6.07, 6.45) is 59.2. The number of nitrogens with zero attached hydrogens (tertiary/aromatic N) is 4. The highest BCUT2D eigenvalue weighted by atomic mass is 16.2. The Morgan fingerprint density at radius 3 is 0.924 bits per heavy atom. The Bertz CT molecular complexity index is 1050. The molecule has 66 heavy (non-hydrogen) atoms. The van der Waals surface area contributed by atoms with Crippen molar-refractivity contribution in [3.05, 3.63) is 0 Å². The Morgan fingerprint density at radius 2 is 0.636 bits per heavy atom. The van der Waals surface area contributed by atoms with Crippen LogP contribution in [0.3, 0.4) is 0 Å². The summed E-state index contributed by atoms with van der Waals surface area (Å²) in [5.74, 6) is 0.356.